The molecule has 102 valence electrons. The van der Waals surface area contributed by atoms with Gasteiger partial charge in [0.2, 0.25) is 0 Å². The van der Waals surface area contributed by atoms with E-state index < -0.39 is 5.82 Å². The van der Waals surface area contributed by atoms with E-state index in [1.165, 1.54) is 24.3 Å². The number of hydrogen-bond donors (Lipinski definition) is 1. The first-order chi connectivity index (χ1) is 9.67. The lowest BCUT2D eigenvalue weighted by atomic mass is 10.1. The number of hydrogen-bond acceptors (Lipinski definition) is 2. The summed E-state index contributed by atoms with van der Waals surface area (Å²) in [5.74, 6) is -0.648. The fraction of sp³-hybridized carbons (Fsp3) is 0.188. The summed E-state index contributed by atoms with van der Waals surface area (Å²) in [6.45, 7) is 1.19. The molecule has 2 aromatic carbocycles. The van der Waals surface area contributed by atoms with Crippen LogP contribution in [0.3, 0.4) is 0 Å². The van der Waals surface area contributed by atoms with Gasteiger partial charge in [-0.15, -0.1) is 0 Å². The first-order valence-corrected chi connectivity index (χ1v) is 6.32. The highest BCUT2D eigenvalue weighted by molar-refractivity contribution is 5.33. The van der Waals surface area contributed by atoms with Crippen LogP contribution in [0.1, 0.15) is 16.7 Å². The zero-order valence-corrected chi connectivity index (χ0v) is 10.9. The van der Waals surface area contributed by atoms with Gasteiger partial charge >= 0.3 is 0 Å². The molecule has 2 aromatic rings. The van der Waals surface area contributed by atoms with E-state index >= 15 is 0 Å². The van der Waals surface area contributed by atoms with Crippen LogP contribution in [0.15, 0.2) is 42.5 Å². The molecule has 0 saturated carbocycles. The molecule has 0 atom stereocenters. The molecule has 2 nitrogen and oxygen atoms in total. The fourth-order valence-corrected chi connectivity index (χ4v) is 1.93. The maximum atomic E-state index is 13.2. The Morgan fingerprint density at radius 1 is 0.950 bits per heavy atom. The molecule has 0 aliphatic rings. The van der Waals surface area contributed by atoms with Gasteiger partial charge in [0.1, 0.15) is 11.6 Å². The van der Waals surface area contributed by atoms with Gasteiger partial charge in [-0.05, 0) is 54.4 Å². The third-order valence-electron chi connectivity index (χ3n) is 2.92. The van der Waals surface area contributed by atoms with Crippen LogP contribution < -0.4 is 5.32 Å². The lowest BCUT2D eigenvalue weighted by Crippen LogP contribution is -2.16. The molecular formula is C16H14F2N2. The average Bonchev–Trinajstić information content (AvgIpc) is 2.45. The normalized spacial score (nSPS) is 10.2. The van der Waals surface area contributed by atoms with Gasteiger partial charge in [0.25, 0.3) is 0 Å². The molecule has 0 unspecified atom stereocenters. The van der Waals surface area contributed by atoms with Gasteiger partial charge < -0.3 is 5.32 Å². The lowest BCUT2D eigenvalue weighted by Gasteiger charge is -2.06. The van der Waals surface area contributed by atoms with Crippen LogP contribution in [0.2, 0.25) is 0 Å². The predicted molar refractivity (Wildman–Crippen MR) is 72.9 cm³/mol. The van der Waals surface area contributed by atoms with E-state index in [1.807, 2.05) is 6.07 Å². The first kappa shape index (κ1) is 14.2. The van der Waals surface area contributed by atoms with Crippen molar-refractivity contribution < 1.29 is 8.78 Å². The molecule has 0 amide bonds. The minimum absolute atomic E-state index is 0.245. The second kappa shape index (κ2) is 6.78. The average molecular weight is 272 g/mol. The first-order valence-electron chi connectivity index (χ1n) is 6.32. The zero-order valence-electron chi connectivity index (χ0n) is 10.9. The summed E-state index contributed by atoms with van der Waals surface area (Å²) >= 11 is 0. The molecular weight excluding hydrogens is 258 g/mol. The van der Waals surface area contributed by atoms with E-state index in [-0.39, 0.29) is 5.82 Å². The van der Waals surface area contributed by atoms with Crippen LogP contribution in [-0.2, 0) is 13.0 Å². The molecule has 0 aromatic heterocycles. The van der Waals surface area contributed by atoms with Crippen molar-refractivity contribution in [2.24, 2.45) is 0 Å². The van der Waals surface area contributed by atoms with Crippen molar-refractivity contribution in [2.45, 2.75) is 13.0 Å². The quantitative estimate of drug-likeness (QED) is 0.849. The van der Waals surface area contributed by atoms with Gasteiger partial charge in [-0.3, -0.25) is 0 Å². The van der Waals surface area contributed by atoms with Crippen molar-refractivity contribution in [1.82, 2.24) is 5.32 Å². The van der Waals surface area contributed by atoms with Crippen LogP contribution in [0, 0.1) is 23.0 Å². The summed E-state index contributed by atoms with van der Waals surface area (Å²) < 4.78 is 25.9. The third kappa shape index (κ3) is 4.15. The van der Waals surface area contributed by atoms with Gasteiger partial charge in [-0.2, -0.15) is 5.26 Å². The molecule has 0 aliphatic heterocycles. The number of benzene rings is 2. The molecule has 0 bridgehead atoms. The van der Waals surface area contributed by atoms with E-state index in [1.54, 1.807) is 18.2 Å². The molecule has 1 N–H and O–H groups in total. The van der Waals surface area contributed by atoms with Crippen LogP contribution in [-0.4, -0.2) is 6.54 Å². The Morgan fingerprint density at radius 2 is 1.70 bits per heavy atom. The van der Waals surface area contributed by atoms with Crippen LogP contribution in [0.5, 0.6) is 0 Å². The maximum Gasteiger partial charge on any atom is 0.124 e. The maximum absolute atomic E-state index is 13.2. The summed E-state index contributed by atoms with van der Waals surface area (Å²) in [7, 11) is 0. The second-order valence-electron chi connectivity index (χ2n) is 4.51. The van der Waals surface area contributed by atoms with E-state index in [2.05, 4.69) is 5.32 Å². The summed E-state index contributed by atoms with van der Waals surface area (Å²) in [6.07, 6.45) is 0.765. The minimum atomic E-state index is -0.403. The minimum Gasteiger partial charge on any atom is -0.312 e. The van der Waals surface area contributed by atoms with Crippen molar-refractivity contribution in [2.75, 3.05) is 6.54 Å². The molecule has 4 heteroatoms. The van der Waals surface area contributed by atoms with E-state index in [9.17, 15) is 8.78 Å². The summed E-state index contributed by atoms with van der Waals surface area (Å²) in [6, 6.07) is 12.6. The standard InChI is InChI=1S/C16H14F2N2/c17-15-3-1-12(2-4-15)5-6-20-11-14-7-13(10-19)8-16(18)9-14/h1-4,7-9,20H,5-6,11H2. The van der Waals surface area contributed by atoms with Crippen LogP contribution in [0.4, 0.5) is 8.78 Å². The van der Waals surface area contributed by atoms with Crippen molar-refractivity contribution in [3.8, 4) is 6.07 Å². The zero-order chi connectivity index (χ0) is 14.4. The summed E-state index contributed by atoms with van der Waals surface area (Å²) in [5.41, 5.74) is 2.09. The van der Waals surface area contributed by atoms with Gasteiger partial charge in [0.15, 0.2) is 0 Å². The Bertz CT molecular complexity index is 615. The largest absolute Gasteiger partial charge is 0.312 e. The summed E-state index contributed by atoms with van der Waals surface area (Å²) in [5, 5.41) is 11.9. The highest BCUT2D eigenvalue weighted by Crippen LogP contribution is 2.08. The molecule has 0 radical (unpaired) electrons. The molecule has 0 heterocycles. The highest BCUT2D eigenvalue weighted by atomic mass is 19.1. The van der Waals surface area contributed by atoms with Gasteiger partial charge in [-0.1, -0.05) is 12.1 Å². The fourth-order valence-electron chi connectivity index (χ4n) is 1.93. The predicted octanol–water partition coefficient (Wildman–Crippen LogP) is 3.17. The van der Waals surface area contributed by atoms with E-state index in [0.717, 1.165) is 17.5 Å². The number of rotatable bonds is 5. The molecule has 2 rings (SSSR count). The number of halogens is 2. The Labute approximate surface area is 116 Å². The van der Waals surface area contributed by atoms with Gasteiger partial charge in [0.05, 0.1) is 11.6 Å². The topological polar surface area (TPSA) is 35.8 Å². The van der Waals surface area contributed by atoms with Crippen molar-refractivity contribution in [3.63, 3.8) is 0 Å². The molecule has 0 fully saturated rings. The number of nitriles is 1. The van der Waals surface area contributed by atoms with Crippen molar-refractivity contribution in [3.05, 3.63) is 70.8 Å². The molecule has 0 saturated heterocycles. The van der Waals surface area contributed by atoms with Crippen molar-refractivity contribution in [1.29, 1.82) is 5.26 Å². The molecule has 0 aliphatic carbocycles. The second-order valence-corrected chi connectivity index (χ2v) is 4.51. The third-order valence-corrected chi connectivity index (χ3v) is 2.92. The number of nitrogens with one attached hydrogen (secondary N) is 1. The summed E-state index contributed by atoms with van der Waals surface area (Å²) in [4.78, 5) is 0. The SMILES string of the molecule is N#Cc1cc(F)cc(CNCCc2ccc(F)cc2)c1. The Kier molecular flexibility index (Phi) is 4.80. The van der Waals surface area contributed by atoms with Gasteiger partial charge in [0, 0.05) is 6.54 Å². The van der Waals surface area contributed by atoms with Gasteiger partial charge in [-0.25, -0.2) is 8.78 Å². The van der Waals surface area contributed by atoms with E-state index in [0.29, 0.717) is 18.7 Å². The lowest BCUT2D eigenvalue weighted by molar-refractivity contribution is 0.619. The number of nitrogens with zero attached hydrogens (tertiary/aromatic N) is 1. The van der Waals surface area contributed by atoms with E-state index in [4.69, 9.17) is 5.26 Å². The van der Waals surface area contributed by atoms with Crippen LogP contribution >= 0.6 is 0 Å². The van der Waals surface area contributed by atoms with Crippen molar-refractivity contribution >= 4 is 0 Å². The smallest absolute Gasteiger partial charge is 0.124 e. The monoisotopic (exact) mass is 272 g/mol. The Balaban J connectivity index is 1.83. The molecule has 0 spiro atoms. The molecule has 20 heavy (non-hydrogen) atoms. The Hall–Kier alpha value is -2.25. The Morgan fingerprint density at radius 3 is 2.40 bits per heavy atom. The highest BCUT2D eigenvalue weighted by Gasteiger charge is 2.00. The van der Waals surface area contributed by atoms with Crippen LogP contribution in [0.25, 0.3) is 0 Å².